The number of fused-ring (bicyclic) bond motifs is 10. The van der Waals surface area contributed by atoms with Crippen LogP contribution >= 0.6 is 11.8 Å². The van der Waals surface area contributed by atoms with Gasteiger partial charge in [-0.1, -0.05) is 164 Å². The van der Waals surface area contributed by atoms with Crippen LogP contribution in [0.1, 0.15) is 46.5 Å². The van der Waals surface area contributed by atoms with Crippen molar-refractivity contribution in [1.82, 2.24) is 15.0 Å². The molecule has 0 saturated carbocycles. The van der Waals surface area contributed by atoms with Gasteiger partial charge in [-0.25, -0.2) is 9.97 Å². The molecule has 3 heterocycles. The van der Waals surface area contributed by atoms with E-state index in [9.17, 15) is 0 Å². The van der Waals surface area contributed by atoms with E-state index in [0.29, 0.717) is 5.82 Å². The number of allylic oxidation sites excluding steroid dienone is 10. The maximum atomic E-state index is 5.31. The summed E-state index contributed by atoms with van der Waals surface area (Å²) in [5.41, 5.74) is 15.4. The van der Waals surface area contributed by atoms with E-state index in [2.05, 4.69) is 171 Å². The molecule has 0 fully saturated rings. The van der Waals surface area contributed by atoms with E-state index in [1.165, 1.54) is 43.2 Å². The smallest absolute Gasteiger partial charge is 0.160 e. The van der Waals surface area contributed by atoms with Crippen molar-refractivity contribution >= 4 is 33.8 Å². The highest BCUT2D eigenvalue weighted by molar-refractivity contribution is 7.99. The Morgan fingerprint density at radius 2 is 1.40 bits per heavy atom. The molecule has 0 amide bonds. The summed E-state index contributed by atoms with van der Waals surface area (Å²) in [7, 11) is 0. The first-order chi connectivity index (χ1) is 28.6. The second-order valence-corrected chi connectivity index (χ2v) is 16.6. The number of nitrogens with zero attached hydrogens (tertiary/aromatic N) is 3. The van der Waals surface area contributed by atoms with Crippen molar-refractivity contribution in [1.29, 1.82) is 0 Å². The lowest BCUT2D eigenvalue weighted by Crippen LogP contribution is -2.32. The average molecular weight is 762 g/mol. The molecule has 1 aliphatic heterocycles. The third kappa shape index (κ3) is 5.32. The van der Waals surface area contributed by atoms with Gasteiger partial charge in [0.25, 0.3) is 0 Å². The second kappa shape index (κ2) is 13.8. The van der Waals surface area contributed by atoms with Crippen LogP contribution in [0.4, 0.5) is 0 Å². The van der Waals surface area contributed by atoms with Crippen molar-refractivity contribution in [3.63, 3.8) is 0 Å². The Morgan fingerprint density at radius 1 is 0.690 bits per heavy atom. The summed E-state index contributed by atoms with van der Waals surface area (Å²) >= 11 is 1.84. The van der Waals surface area contributed by atoms with Gasteiger partial charge in [-0.15, -0.1) is 6.58 Å². The molecule has 2 unspecified atom stereocenters. The van der Waals surface area contributed by atoms with Crippen LogP contribution in [0.5, 0.6) is 0 Å². The predicted molar refractivity (Wildman–Crippen MR) is 240 cm³/mol. The zero-order chi connectivity index (χ0) is 38.8. The maximum absolute atomic E-state index is 5.31. The Labute approximate surface area is 343 Å². The Kier molecular flexibility index (Phi) is 8.23. The molecule has 0 saturated heterocycles. The van der Waals surface area contributed by atoms with Gasteiger partial charge in [0.2, 0.25) is 0 Å². The molecule has 3 nitrogen and oxygen atoms in total. The standard InChI is InChI=1S/C54H39N3S/c1-3-35-15-7-8-20-40(35)34(2)48-33-49(36-16-5-4-6-17-36)57-53(56-48)39-27-29-47-51(32-39)58-50-31-38(41-23-13-18-37-19-14-30-55-52(37)41)26-28-46(50)54(47)44-24-11-9-21-42(44)43-22-10-12-25-45(43)54/h3,5,7-33,35,40H,1-2,4,6H2. The molecule has 0 N–H and O–H groups in total. The first kappa shape index (κ1) is 34.6. The third-order valence-corrected chi connectivity index (χ3v) is 13.5. The Balaban J connectivity index is 1.12. The van der Waals surface area contributed by atoms with E-state index in [1.54, 1.807) is 0 Å². The summed E-state index contributed by atoms with van der Waals surface area (Å²) in [5.74, 6) is 0.916. The van der Waals surface area contributed by atoms with Gasteiger partial charge < -0.3 is 0 Å². The molecular formula is C54H39N3S. The van der Waals surface area contributed by atoms with Crippen LogP contribution in [-0.4, -0.2) is 15.0 Å². The van der Waals surface area contributed by atoms with E-state index < -0.39 is 5.41 Å². The fourth-order valence-electron chi connectivity index (χ4n) is 9.62. The highest BCUT2D eigenvalue weighted by atomic mass is 32.2. The monoisotopic (exact) mass is 761 g/mol. The molecule has 0 radical (unpaired) electrons. The SMILES string of the molecule is C=CC1C=CC=CC1C(=C)c1cc(C2=CCCC=C2)nc(-c2ccc3c(c2)Sc2cc(-c4cccc5cccnc45)ccc2C32c3ccccc3-c3ccccc32)n1. The number of rotatable bonds is 6. The topological polar surface area (TPSA) is 38.7 Å². The summed E-state index contributed by atoms with van der Waals surface area (Å²) in [5, 5.41) is 1.13. The highest BCUT2D eigenvalue weighted by Gasteiger charge is 2.50. The Hall–Kier alpha value is -6.62. The minimum Gasteiger partial charge on any atom is -0.256 e. The van der Waals surface area contributed by atoms with Crippen LogP contribution in [-0.2, 0) is 5.41 Å². The minimum absolute atomic E-state index is 0.0676. The van der Waals surface area contributed by atoms with E-state index in [0.717, 1.165) is 63.0 Å². The number of hydrogen-bond acceptors (Lipinski definition) is 4. The minimum atomic E-state index is -0.502. The summed E-state index contributed by atoms with van der Waals surface area (Å²) < 4.78 is 0. The number of hydrogen-bond donors (Lipinski definition) is 0. The molecule has 5 aromatic carbocycles. The van der Waals surface area contributed by atoms with Gasteiger partial charge in [0.1, 0.15) is 0 Å². The van der Waals surface area contributed by atoms with E-state index >= 15 is 0 Å². The molecule has 276 valence electrons. The van der Waals surface area contributed by atoms with Crippen molar-refractivity contribution in [2.45, 2.75) is 28.0 Å². The van der Waals surface area contributed by atoms with Crippen LogP contribution in [0.2, 0.25) is 0 Å². The van der Waals surface area contributed by atoms with Gasteiger partial charge in [-0.05, 0) is 87.2 Å². The summed E-state index contributed by atoms with van der Waals surface area (Å²) in [6, 6.07) is 44.6. The van der Waals surface area contributed by atoms with Crippen LogP contribution in [0, 0.1) is 11.8 Å². The van der Waals surface area contributed by atoms with Crippen molar-refractivity contribution in [3.8, 4) is 33.6 Å². The fraction of sp³-hybridized carbons (Fsp3) is 0.0926. The lowest BCUT2D eigenvalue weighted by atomic mass is 9.67. The first-order valence-electron chi connectivity index (χ1n) is 20.1. The van der Waals surface area contributed by atoms with Crippen molar-refractivity contribution < 1.29 is 0 Å². The molecular weight excluding hydrogens is 723 g/mol. The zero-order valence-electron chi connectivity index (χ0n) is 32.0. The highest BCUT2D eigenvalue weighted by Crippen LogP contribution is 2.62. The van der Waals surface area contributed by atoms with Gasteiger partial charge in [0.15, 0.2) is 5.82 Å². The molecule has 2 aromatic heterocycles. The number of benzene rings is 5. The zero-order valence-corrected chi connectivity index (χ0v) is 32.8. The van der Waals surface area contributed by atoms with Crippen molar-refractivity contribution in [3.05, 3.63) is 223 Å². The van der Waals surface area contributed by atoms with Gasteiger partial charge in [0.05, 0.1) is 22.3 Å². The van der Waals surface area contributed by atoms with Gasteiger partial charge in [-0.2, -0.15) is 0 Å². The quantitative estimate of drug-likeness (QED) is 0.158. The Morgan fingerprint density at radius 3 is 2.16 bits per heavy atom. The molecule has 7 aromatic rings. The summed E-state index contributed by atoms with van der Waals surface area (Å²) in [6.45, 7) is 8.77. The normalized spacial score (nSPS) is 18.0. The van der Waals surface area contributed by atoms with Crippen LogP contribution < -0.4 is 0 Å². The van der Waals surface area contributed by atoms with E-state index in [4.69, 9.17) is 15.0 Å². The van der Waals surface area contributed by atoms with Crippen LogP contribution in [0.15, 0.2) is 199 Å². The largest absolute Gasteiger partial charge is 0.256 e. The molecule has 4 heteroatoms. The summed E-state index contributed by atoms with van der Waals surface area (Å²) in [4.78, 5) is 17.9. The Bertz CT molecular complexity index is 2950. The van der Waals surface area contributed by atoms with Gasteiger partial charge >= 0.3 is 0 Å². The lowest BCUT2D eigenvalue weighted by Gasteiger charge is -2.40. The predicted octanol–water partition coefficient (Wildman–Crippen LogP) is 13.5. The van der Waals surface area contributed by atoms with E-state index in [-0.39, 0.29) is 11.8 Å². The molecule has 1 spiro atoms. The maximum Gasteiger partial charge on any atom is 0.160 e. The number of pyridine rings is 1. The molecule has 2 atom stereocenters. The fourth-order valence-corrected chi connectivity index (χ4v) is 10.9. The van der Waals surface area contributed by atoms with Crippen LogP contribution in [0.3, 0.4) is 0 Å². The van der Waals surface area contributed by atoms with E-state index in [1.807, 2.05) is 30.1 Å². The molecule has 11 rings (SSSR count). The molecule has 3 aliphatic carbocycles. The number of aromatic nitrogens is 3. The third-order valence-electron chi connectivity index (χ3n) is 12.3. The van der Waals surface area contributed by atoms with Crippen molar-refractivity contribution in [2.75, 3.05) is 0 Å². The first-order valence-corrected chi connectivity index (χ1v) is 20.9. The van der Waals surface area contributed by atoms with Crippen LogP contribution in [0.25, 0.3) is 55.7 Å². The molecule has 58 heavy (non-hydrogen) atoms. The van der Waals surface area contributed by atoms with Crippen molar-refractivity contribution in [2.24, 2.45) is 11.8 Å². The molecule has 4 aliphatic rings. The van der Waals surface area contributed by atoms with Gasteiger partial charge in [-0.3, -0.25) is 4.98 Å². The average Bonchev–Trinajstić information content (AvgIpc) is 3.58. The second-order valence-electron chi connectivity index (χ2n) is 15.5. The lowest BCUT2D eigenvalue weighted by molar-refractivity contribution is 0.684. The van der Waals surface area contributed by atoms with Gasteiger partial charge in [0, 0.05) is 44.3 Å². The molecule has 0 bridgehead atoms. The summed E-state index contributed by atoms with van der Waals surface area (Å²) in [6.07, 6.45) is 21.2. The number of para-hydroxylation sites is 1.